The van der Waals surface area contributed by atoms with Crippen molar-refractivity contribution >= 4 is 10.0 Å². The number of nitrogens with zero attached hydrogens (tertiary/aromatic N) is 1. The molecule has 0 aromatic heterocycles. The van der Waals surface area contributed by atoms with Gasteiger partial charge in [0, 0.05) is 12.1 Å². The molecule has 0 bridgehead atoms. The monoisotopic (exact) mass is 301 g/mol. The van der Waals surface area contributed by atoms with E-state index in [2.05, 4.69) is 6.92 Å². The van der Waals surface area contributed by atoms with Gasteiger partial charge >= 0.3 is 0 Å². The van der Waals surface area contributed by atoms with E-state index in [1.807, 2.05) is 4.31 Å². The fourth-order valence-corrected chi connectivity index (χ4v) is 6.05. The van der Waals surface area contributed by atoms with Crippen LogP contribution in [-0.4, -0.2) is 30.6 Å². The van der Waals surface area contributed by atoms with Gasteiger partial charge in [0.05, 0.1) is 5.75 Å². The van der Waals surface area contributed by atoms with Crippen molar-refractivity contribution in [3.05, 3.63) is 0 Å². The van der Waals surface area contributed by atoms with Crippen LogP contribution in [0, 0.1) is 0 Å². The van der Waals surface area contributed by atoms with Gasteiger partial charge in [0.1, 0.15) is 0 Å². The molecule has 3 nitrogen and oxygen atoms in total. The van der Waals surface area contributed by atoms with Gasteiger partial charge in [0.15, 0.2) is 0 Å². The van der Waals surface area contributed by atoms with Crippen LogP contribution in [0.15, 0.2) is 0 Å². The van der Waals surface area contributed by atoms with Crippen molar-refractivity contribution in [3.8, 4) is 0 Å². The highest BCUT2D eigenvalue weighted by atomic mass is 32.2. The predicted molar refractivity (Wildman–Crippen MR) is 84.3 cm³/mol. The van der Waals surface area contributed by atoms with Crippen molar-refractivity contribution in [3.63, 3.8) is 0 Å². The summed E-state index contributed by atoms with van der Waals surface area (Å²) in [5.74, 6) is 0.358. The van der Waals surface area contributed by atoms with Crippen molar-refractivity contribution in [2.75, 3.05) is 5.75 Å². The third kappa shape index (κ3) is 4.20. The fourth-order valence-electron chi connectivity index (χ4n) is 3.86. The minimum absolute atomic E-state index is 0.300. The summed E-state index contributed by atoms with van der Waals surface area (Å²) in [5, 5.41) is 0. The molecule has 2 saturated carbocycles. The van der Waals surface area contributed by atoms with Crippen LogP contribution in [-0.2, 0) is 10.0 Å². The van der Waals surface area contributed by atoms with Crippen LogP contribution < -0.4 is 0 Å². The van der Waals surface area contributed by atoms with Gasteiger partial charge < -0.3 is 0 Å². The van der Waals surface area contributed by atoms with Gasteiger partial charge in [0.25, 0.3) is 0 Å². The van der Waals surface area contributed by atoms with Crippen LogP contribution in [0.1, 0.15) is 84.0 Å². The van der Waals surface area contributed by atoms with E-state index in [0.29, 0.717) is 17.8 Å². The molecule has 2 rings (SSSR count). The van der Waals surface area contributed by atoms with Crippen molar-refractivity contribution in [2.45, 2.75) is 96.1 Å². The second-order valence-electron chi connectivity index (χ2n) is 6.58. The Morgan fingerprint density at radius 2 is 1.30 bits per heavy atom. The zero-order chi connectivity index (χ0) is 14.4. The molecular formula is C16H31NO2S. The number of rotatable bonds is 6. The van der Waals surface area contributed by atoms with E-state index >= 15 is 0 Å². The lowest BCUT2D eigenvalue weighted by atomic mass is 9.91. The smallest absolute Gasteiger partial charge is 0.212 e. The second-order valence-corrected chi connectivity index (χ2v) is 8.58. The third-order valence-corrected chi connectivity index (χ3v) is 6.99. The first-order chi connectivity index (χ1) is 9.65. The standard InChI is InChI=1S/C16H31NO2S/c1-2-3-14-20(18,19)17(15-10-6-4-7-11-15)16-12-8-5-9-13-16/h15-16H,2-14H2,1H3. The highest BCUT2D eigenvalue weighted by Gasteiger charge is 2.36. The number of hydrogen-bond acceptors (Lipinski definition) is 2. The molecule has 0 aromatic rings. The molecule has 4 heteroatoms. The van der Waals surface area contributed by atoms with E-state index in [1.54, 1.807) is 0 Å². The quantitative estimate of drug-likeness (QED) is 0.741. The summed E-state index contributed by atoms with van der Waals surface area (Å²) in [4.78, 5) is 0. The maximum absolute atomic E-state index is 12.8. The molecule has 0 unspecified atom stereocenters. The topological polar surface area (TPSA) is 37.4 Å². The van der Waals surface area contributed by atoms with Gasteiger partial charge in [0.2, 0.25) is 10.0 Å². The first-order valence-corrected chi connectivity index (χ1v) is 10.3. The first-order valence-electron chi connectivity index (χ1n) is 8.66. The lowest BCUT2D eigenvalue weighted by Crippen LogP contribution is -2.49. The Kier molecular flexibility index (Phi) is 6.34. The Morgan fingerprint density at radius 3 is 1.70 bits per heavy atom. The molecule has 118 valence electrons. The van der Waals surface area contributed by atoms with Gasteiger partial charge in [-0.3, -0.25) is 0 Å². The van der Waals surface area contributed by atoms with Crippen molar-refractivity contribution in [1.29, 1.82) is 0 Å². The molecule has 0 aliphatic heterocycles. The third-order valence-electron chi connectivity index (χ3n) is 4.95. The van der Waals surface area contributed by atoms with Crippen LogP contribution in [0.25, 0.3) is 0 Å². The lowest BCUT2D eigenvalue weighted by molar-refractivity contribution is 0.169. The maximum atomic E-state index is 12.8. The molecule has 0 aromatic carbocycles. The summed E-state index contributed by atoms with van der Waals surface area (Å²) in [6, 6.07) is 0.599. The van der Waals surface area contributed by atoms with Crippen molar-refractivity contribution in [1.82, 2.24) is 4.31 Å². The zero-order valence-corrected chi connectivity index (χ0v) is 13.8. The Morgan fingerprint density at radius 1 is 0.850 bits per heavy atom. The van der Waals surface area contributed by atoms with Crippen LogP contribution >= 0.6 is 0 Å². The normalized spacial score (nSPS) is 23.3. The van der Waals surface area contributed by atoms with E-state index in [4.69, 9.17) is 0 Å². The molecule has 0 spiro atoms. The Hall–Kier alpha value is -0.0900. The van der Waals surface area contributed by atoms with Gasteiger partial charge in [-0.25, -0.2) is 8.42 Å². The second kappa shape index (κ2) is 7.79. The largest absolute Gasteiger partial charge is 0.214 e. The molecule has 2 fully saturated rings. The number of hydrogen-bond donors (Lipinski definition) is 0. The van der Waals surface area contributed by atoms with Crippen LogP contribution in [0.3, 0.4) is 0 Å². The molecule has 20 heavy (non-hydrogen) atoms. The molecule has 0 atom stereocenters. The number of unbranched alkanes of at least 4 members (excludes halogenated alkanes) is 1. The molecular weight excluding hydrogens is 270 g/mol. The van der Waals surface area contributed by atoms with Gasteiger partial charge in [-0.15, -0.1) is 0 Å². The molecule has 2 aliphatic carbocycles. The van der Waals surface area contributed by atoms with Crippen LogP contribution in [0.5, 0.6) is 0 Å². The average molecular weight is 301 g/mol. The molecule has 0 saturated heterocycles. The molecule has 0 N–H and O–H groups in total. The summed E-state index contributed by atoms with van der Waals surface area (Å²) in [7, 11) is -3.05. The summed E-state index contributed by atoms with van der Waals surface area (Å²) < 4.78 is 27.6. The predicted octanol–water partition coefficient (Wildman–Crippen LogP) is 4.08. The average Bonchev–Trinajstić information content (AvgIpc) is 2.47. The van der Waals surface area contributed by atoms with Crippen molar-refractivity contribution < 1.29 is 8.42 Å². The fraction of sp³-hybridized carbons (Fsp3) is 1.00. The van der Waals surface area contributed by atoms with Crippen LogP contribution in [0.4, 0.5) is 0 Å². The van der Waals surface area contributed by atoms with E-state index in [0.717, 1.165) is 38.5 Å². The van der Waals surface area contributed by atoms with E-state index in [9.17, 15) is 8.42 Å². The molecule has 0 radical (unpaired) electrons. The van der Waals surface area contributed by atoms with Crippen molar-refractivity contribution in [2.24, 2.45) is 0 Å². The summed E-state index contributed by atoms with van der Waals surface area (Å²) >= 11 is 0. The summed E-state index contributed by atoms with van der Waals surface area (Å²) in [5.41, 5.74) is 0. The minimum Gasteiger partial charge on any atom is -0.212 e. The maximum Gasteiger partial charge on any atom is 0.214 e. The Balaban J connectivity index is 2.13. The SMILES string of the molecule is CCCCS(=O)(=O)N(C1CCCCC1)C1CCCCC1. The highest BCUT2D eigenvalue weighted by molar-refractivity contribution is 7.89. The summed E-state index contributed by atoms with van der Waals surface area (Å²) in [6.07, 6.45) is 13.5. The highest BCUT2D eigenvalue weighted by Crippen LogP contribution is 2.32. The Bertz CT molecular complexity index is 350. The van der Waals surface area contributed by atoms with E-state index in [1.165, 1.54) is 38.5 Å². The summed E-state index contributed by atoms with van der Waals surface area (Å²) in [6.45, 7) is 2.07. The first kappa shape index (κ1) is 16.3. The zero-order valence-electron chi connectivity index (χ0n) is 13.0. The molecule has 0 heterocycles. The van der Waals surface area contributed by atoms with E-state index in [-0.39, 0.29) is 0 Å². The molecule has 0 amide bonds. The lowest BCUT2D eigenvalue weighted by Gasteiger charge is -2.40. The number of sulfonamides is 1. The van der Waals surface area contributed by atoms with Gasteiger partial charge in [-0.05, 0) is 32.1 Å². The molecule has 2 aliphatic rings. The Labute approximate surface area is 125 Å². The van der Waals surface area contributed by atoms with Gasteiger partial charge in [-0.1, -0.05) is 51.9 Å². The van der Waals surface area contributed by atoms with Gasteiger partial charge in [-0.2, -0.15) is 4.31 Å². The van der Waals surface area contributed by atoms with E-state index < -0.39 is 10.0 Å². The minimum atomic E-state index is -3.05. The van der Waals surface area contributed by atoms with Crippen LogP contribution in [0.2, 0.25) is 0 Å².